The van der Waals surface area contributed by atoms with Crippen LogP contribution in [0.15, 0.2) is 84.0 Å². The first-order chi connectivity index (χ1) is 15.0. The van der Waals surface area contributed by atoms with E-state index in [9.17, 15) is 9.59 Å². The third-order valence-electron chi connectivity index (χ3n) is 4.13. The number of hydrogen-bond acceptors (Lipinski definition) is 5. The monoisotopic (exact) mass is 433 g/mol. The Kier molecular flexibility index (Phi) is 7.84. The normalized spacial score (nSPS) is 10.6. The van der Waals surface area contributed by atoms with Crippen molar-refractivity contribution in [3.8, 4) is 5.75 Å². The number of nitrogens with zero attached hydrogens (tertiary/aromatic N) is 2. The van der Waals surface area contributed by atoms with Gasteiger partial charge in [-0.2, -0.15) is 0 Å². The maximum absolute atomic E-state index is 12.2. The third-order valence-corrected chi connectivity index (χ3v) is 5.18. The van der Waals surface area contributed by atoms with E-state index in [2.05, 4.69) is 10.3 Å². The third kappa shape index (κ3) is 7.31. The predicted molar refractivity (Wildman–Crippen MR) is 124 cm³/mol. The van der Waals surface area contributed by atoms with E-state index >= 15 is 0 Å². The highest BCUT2D eigenvalue weighted by atomic mass is 32.2. The first kappa shape index (κ1) is 22.1. The first-order valence-electron chi connectivity index (χ1n) is 9.59. The smallest absolute Gasteiger partial charge is 0.285 e. The van der Waals surface area contributed by atoms with Gasteiger partial charge in [0.05, 0.1) is 0 Å². The van der Waals surface area contributed by atoms with Crippen LogP contribution in [0.3, 0.4) is 0 Å². The topological polar surface area (TPSA) is 71.5 Å². The van der Waals surface area contributed by atoms with Gasteiger partial charge in [-0.3, -0.25) is 14.6 Å². The Morgan fingerprint density at radius 2 is 1.81 bits per heavy atom. The fourth-order valence-corrected chi connectivity index (χ4v) is 3.14. The van der Waals surface area contributed by atoms with Crippen molar-refractivity contribution in [3.05, 3.63) is 90.3 Å². The van der Waals surface area contributed by atoms with Crippen LogP contribution >= 0.6 is 11.8 Å². The molecule has 0 saturated carbocycles. The van der Waals surface area contributed by atoms with Crippen LogP contribution in [0, 0.1) is 0 Å². The van der Waals surface area contributed by atoms with Gasteiger partial charge in [-0.05, 0) is 65.9 Å². The minimum Gasteiger partial charge on any atom is -0.489 e. The molecule has 0 atom stereocenters. The van der Waals surface area contributed by atoms with E-state index in [-0.39, 0.29) is 11.1 Å². The molecule has 0 radical (unpaired) electrons. The molecule has 3 rings (SSSR count). The average molecular weight is 434 g/mol. The lowest BCUT2D eigenvalue weighted by atomic mass is 10.2. The summed E-state index contributed by atoms with van der Waals surface area (Å²) in [6, 6.07) is 18.5. The Bertz CT molecular complexity index is 1030. The summed E-state index contributed by atoms with van der Waals surface area (Å²) >= 11 is 1.14. The summed E-state index contributed by atoms with van der Waals surface area (Å²) in [5.74, 6) is 0.512. The molecule has 2 aromatic carbocycles. The number of carbonyl (C=O) groups is 2. The number of hydrogen-bond donors (Lipinski definition) is 1. The summed E-state index contributed by atoms with van der Waals surface area (Å²) in [6.45, 7) is 0.450. The molecule has 0 aliphatic heterocycles. The molecule has 158 valence electrons. The molecule has 0 bridgehead atoms. The van der Waals surface area contributed by atoms with Crippen molar-refractivity contribution < 1.29 is 14.3 Å². The minimum absolute atomic E-state index is 0.0480. The standard InChI is InChI=1S/C24H23N3O3S/c1-27(2)24(29)31-22-12-8-20(9-13-22)26-23(28)14-7-18-5-10-21(11-6-18)30-17-19-4-3-15-25-16-19/h3-16H,17H2,1-2H3,(H,26,28)/b14-7+. The van der Waals surface area contributed by atoms with E-state index in [1.54, 1.807) is 56.8 Å². The minimum atomic E-state index is -0.235. The number of ether oxygens (including phenoxy) is 1. The van der Waals surface area contributed by atoms with E-state index in [1.807, 2.05) is 36.4 Å². The summed E-state index contributed by atoms with van der Waals surface area (Å²) in [7, 11) is 3.42. The molecule has 1 N–H and O–H groups in total. The van der Waals surface area contributed by atoms with Crippen LogP contribution in [-0.2, 0) is 11.4 Å². The Labute approximate surface area is 185 Å². The van der Waals surface area contributed by atoms with Gasteiger partial charge in [-0.15, -0.1) is 0 Å². The second-order valence-electron chi connectivity index (χ2n) is 6.83. The molecule has 0 spiro atoms. The molecule has 6 nitrogen and oxygen atoms in total. The fraction of sp³-hybridized carbons (Fsp3) is 0.125. The lowest BCUT2D eigenvalue weighted by Crippen LogP contribution is -2.16. The van der Waals surface area contributed by atoms with Gasteiger partial charge in [0.15, 0.2) is 0 Å². The number of pyridine rings is 1. The van der Waals surface area contributed by atoms with Crippen LogP contribution in [0.4, 0.5) is 10.5 Å². The van der Waals surface area contributed by atoms with E-state index < -0.39 is 0 Å². The van der Waals surface area contributed by atoms with Crippen molar-refractivity contribution in [1.82, 2.24) is 9.88 Å². The van der Waals surface area contributed by atoms with Crippen LogP contribution in [-0.4, -0.2) is 35.1 Å². The highest BCUT2D eigenvalue weighted by molar-refractivity contribution is 8.13. The van der Waals surface area contributed by atoms with Crippen LogP contribution in [0.25, 0.3) is 6.08 Å². The summed E-state index contributed by atoms with van der Waals surface area (Å²) in [4.78, 5) is 30.3. The zero-order valence-electron chi connectivity index (χ0n) is 17.3. The molecule has 0 fully saturated rings. The van der Waals surface area contributed by atoms with Gasteiger partial charge in [0.25, 0.3) is 5.24 Å². The summed E-state index contributed by atoms with van der Waals surface area (Å²) < 4.78 is 5.73. The predicted octanol–water partition coefficient (Wildman–Crippen LogP) is 5.09. The molecule has 1 heterocycles. The zero-order valence-corrected chi connectivity index (χ0v) is 18.1. The Hall–Kier alpha value is -3.58. The van der Waals surface area contributed by atoms with Gasteiger partial charge >= 0.3 is 0 Å². The SMILES string of the molecule is CN(C)C(=O)Sc1ccc(NC(=O)/C=C/c2ccc(OCc3cccnc3)cc2)cc1. The number of amides is 2. The average Bonchev–Trinajstić information content (AvgIpc) is 2.79. The number of aromatic nitrogens is 1. The number of nitrogens with one attached hydrogen (secondary N) is 1. The molecular weight excluding hydrogens is 410 g/mol. The van der Waals surface area contributed by atoms with Crippen LogP contribution in [0.1, 0.15) is 11.1 Å². The van der Waals surface area contributed by atoms with Crippen molar-refractivity contribution in [2.45, 2.75) is 11.5 Å². The van der Waals surface area contributed by atoms with Crippen molar-refractivity contribution in [2.75, 3.05) is 19.4 Å². The van der Waals surface area contributed by atoms with Crippen molar-refractivity contribution >= 4 is 34.7 Å². The molecule has 2 amide bonds. The Balaban J connectivity index is 1.48. The van der Waals surface area contributed by atoms with Gasteiger partial charge in [0, 0.05) is 48.7 Å². The van der Waals surface area contributed by atoms with Crippen molar-refractivity contribution in [1.29, 1.82) is 0 Å². The second kappa shape index (κ2) is 11.0. The van der Waals surface area contributed by atoms with Crippen molar-refractivity contribution in [3.63, 3.8) is 0 Å². The van der Waals surface area contributed by atoms with Gasteiger partial charge in [-0.1, -0.05) is 18.2 Å². The summed E-state index contributed by atoms with van der Waals surface area (Å²) in [5, 5.41) is 2.76. The number of thioether (sulfide) groups is 1. The van der Waals surface area contributed by atoms with E-state index in [0.717, 1.165) is 33.5 Å². The van der Waals surface area contributed by atoms with E-state index in [4.69, 9.17) is 4.74 Å². The number of benzene rings is 2. The second-order valence-corrected chi connectivity index (χ2v) is 7.85. The molecule has 1 aromatic heterocycles. The summed E-state index contributed by atoms with van der Waals surface area (Å²) in [5.41, 5.74) is 2.55. The largest absolute Gasteiger partial charge is 0.489 e. The van der Waals surface area contributed by atoms with Crippen LogP contribution in [0.5, 0.6) is 5.75 Å². The fourth-order valence-electron chi connectivity index (χ4n) is 2.48. The maximum Gasteiger partial charge on any atom is 0.285 e. The van der Waals surface area contributed by atoms with Crippen LogP contribution < -0.4 is 10.1 Å². The van der Waals surface area contributed by atoms with Crippen molar-refractivity contribution in [2.24, 2.45) is 0 Å². The van der Waals surface area contributed by atoms with Crippen LogP contribution in [0.2, 0.25) is 0 Å². The molecule has 0 aliphatic carbocycles. The molecule has 31 heavy (non-hydrogen) atoms. The highest BCUT2D eigenvalue weighted by Gasteiger charge is 2.06. The quantitative estimate of drug-likeness (QED) is 0.415. The Morgan fingerprint density at radius 3 is 2.45 bits per heavy atom. The van der Waals surface area contributed by atoms with E-state index in [0.29, 0.717) is 12.3 Å². The molecule has 0 aliphatic rings. The van der Waals surface area contributed by atoms with Gasteiger partial charge in [-0.25, -0.2) is 0 Å². The Morgan fingerprint density at radius 1 is 1.06 bits per heavy atom. The lowest BCUT2D eigenvalue weighted by Gasteiger charge is -2.09. The molecule has 0 unspecified atom stereocenters. The molecule has 0 saturated heterocycles. The highest BCUT2D eigenvalue weighted by Crippen LogP contribution is 2.22. The number of rotatable bonds is 7. The number of anilines is 1. The first-order valence-corrected chi connectivity index (χ1v) is 10.4. The molecular formula is C24H23N3O3S. The van der Waals surface area contributed by atoms with Gasteiger partial charge in [0.1, 0.15) is 12.4 Å². The zero-order chi connectivity index (χ0) is 22.1. The molecule has 7 heteroatoms. The maximum atomic E-state index is 12.2. The van der Waals surface area contributed by atoms with Gasteiger partial charge < -0.3 is 15.0 Å². The van der Waals surface area contributed by atoms with E-state index in [1.165, 1.54) is 11.0 Å². The summed E-state index contributed by atoms with van der Waals surface area (Å²) in [6.07, 6.45) is 6.71. The van der Waals surface area contributed by atoms with Gasteiger partial charge in [0.2, 0.25) is 5.91 Å². The number of carbonyl (C=O) groups excluding carboxylic acids is 2. The lowest BCUT2D eigenvalue weighted by molar-refractivity contribution is -0.111. The molecule has 3 aromatic rings.